The van der Waals surface area contributed by atoms with Crippen LogP contribution in [-0.2, 0) is 14.3 Å². The molecule has 0 spiro atoms. The van der Waals surface area contributed by atoms with Gasteiger partial charge in [-0.3, -0.25) is 9.59 Å². The fourth-order valence-electron chi connectivity index (χ4n) is 0.982. The SMILES string of the molecule is COCCCN(C)C(=O)C(=O)NCCN. The third-order valence-corrected chi connectivity index (χ3v) is 1.81. The number of hydrogen-bond acceptors (Lipinski definition) is 4. The number of nitrogens with one attached hydrogen (secondary N) is 1. The van der Waals surface area contributed by atoms with Gasteiger partial charge in [0.15, 0.2) is 0 Å². The van der Waals surface area contributed by atoms with Crippen LogP contribution < -0.4 is 11.1 Å². The molecule has 0 heterocycles. The maximum atomic E-state index is 11.4. The van der Waals surface area contributed by atoms with Gasteiger partial charge in [-0.1, -0.05) is 0 Å². The molecule has 2 amide bonds. The Hall–Kier alpha value is -1.14. The lowest BCUT2D eigenvalue weighted by Gasteiger charge is -2.15. The predicted octanol–water partition coefficient (Wildman–Crippen LogP) is -1.44. The molecule has 6 nitrogen and oxygen atoms in total. The summed E-state index contributed by atoms with van der Waals surface area (Å²) in [5, 5.41) is 2.42. The topological polar surface area (TPSA) is 84.7 Å². The van der Waals surface area contributed by atoms with Crippen LogP contribution in [-0.4, -0.2) is 57.1 Å². The Balaban J connectivity index is 3.81. The van der Waals surface area contributed by atoms with Crippen LogP contribution >= 0.6 is 0 Å². The van der Waals surface area contributed by atoms with Crippen LogP contribution in [0.1, 0.15) is 6.42 Å². The minimum absolute atomic E-state index is 0.316. The lowest BCUT2D eigenvalue weighted by Crippen LogP contribution is -2.43. The Kier molecular flexibility index (Phi) is 7.57. The van der Waals surface area contributed by atoms with Crippen LogP contribution in [0.25, 0.3) is 0 Å². The molecule has 88 valence electrons. The minimum Gasteiger partial charge on any atom is -0.385 e. The van der Waals surface area contributed by atoms with Gasteiger partial charge in [-0.15, -0.1) is 0 Å². The first kappa shape index (κ1) is 13.9. The van der Waals surface area contributed by atoms with E-state index in [1.54, 1.807) is 14.2 Å². The molecule has 0 atom stereocenters. The minimum atomic E-state index is -0.611. The maximum Gasteiger partial charge on any atom is 0.311 e. The fourth-order valence-corrected chi connectivity index (χ4v) is 0.982. The molecule has 6 heteroatoms. The van der Waals surface area contributed by atoms with E-state index in [-0.39, 0.29) is 0 Å². The first-order valence-electron chi connectivity index (χ1n) is 4.85. The van der Waals surface area contributed by atoms with Gasteiger partial charge in [-0.2, -0.15) is 0 Å². The van der Waals surface area contributed by atoms with Crippen LogP contribution in [0.2, 0.25) is 0 Å². The fraction of sp³-hybridized carbons (Fsp3) is 0.778. The van der Waals surface area contributed by atoms with Crippen LogP contribution in [0.3, 0.4) is 0 Å². The second-order valence-corrected chi connectivity index (χ2v) is 3.12. The first-order valence-corrected chi connectivity index (χ1v) is 4.85. The number of ether oxygens (including phenoxy) is 1. The van der Waals surface area contributed by atoms with E-state index >= 15 is 0 Å². The van der Waals surface area contributed by atoms with Crippen molar-refractivity contribution in [2.75, 3.05) is 40.4 Å². The predicted molar refractivity (Wildman–Crippen MR) is 56.2 cm³/mol. The Morgan fingerprint density at radius 1 is 1.47 bits per heavy atom. The number of nitrogens with two attached hydrogens (primary N) is 1. The van der Waals surface area contributed by atoms with Crippen LogP contribution in [0.15, 0.2) is 0 Å². The zero-order valence-electron chi connectivity index (χ0n) is 9.28. The third-order valence-electron chi connectivity index (χ3n) is 1.81. The smallest absolute Gasteiger partial charge is 0.311 e. The van der Waals surface area contributed by atoms with Crippen molar-refractivity contribution in [3.63, 3.8) is 0 Å². The summed E-state index contributed by atoms with van der Waals surface area (Å²) in [6.45, 7) is 1.72. The lowest BCUT2D eigenvalue weighted by molar-refractivity contribution is -0.145. The molecule has 3 N–H and O–H groups in total. The largest absolute Gasteiger partial charge is 0.385 e. The zero-order valence-corrected chi connectivity index (χ0v) is 9.28. The number of nitrogens with zero attached hydrogens (tertiary/aromatic N) is 1. The van der Waals surface area contributed by atoms with E-state index in [2.05, 4.69) is 5.32 Å². The number of methoxy groups -OCH3 is 1. The van der Waals surface area contributed by atoms with Gasteiger partial charge in [-0.25, -0.2) is 0 Å². The van der Waals surface area contributed by atoms with E-state index in [1.165, 1.54) is 4.90 Å². The van der Waals surface area contributed by atoms with Gasteiger partial charge in [0, 0.05) is 40.4 Å². The molecule has 0 bridgehead atoms. The standard InChI is InChI=1S/C9H19N3O3/c1-12(6-3-7-15-2)9(14)8(13)11-5-4-10/h3-7,10H2,1-2H3,(H,11,13). The molecule has 0 rings (SSSR count). The van der Waals surface area contributed by atoms with Gasteiger partial charge in [0.05, 0.1) is 0 Å². The highest BCUT2D eigenvalue weighted by Crippen LogP contribution is 1.89. The van der Waals surface area contributed by atoms with Crippen molar-refractivity contribution in [3.05, 3.63) is 0 Å². The molecule has 0 aromatic heterocycles. The number of amides is 2. The monoisotopic (exact) mass is 217 g/mol. The van der Waals surface area contributed by atoms with Gasteiger partial charge < -0.3 is 20.7 Å². The molecule has 0 aliphatic carbocycles. The molecular weight excluding hydrogens is 198 g/mol. The molecular formula is C9H19N3O3. The summed E-state index contributed by atoms with van der Waals surface area (Å²) >= 11 is 0. The van der Waals surface area contributed by atoms with Gasteiger partial charge in [-0.05, 0) is 6.42 Å². The molecule has 0 saturated heterocycles. The van der Waals surface area contributed by atoms with E-state index < -0.39 is 11.8 Å². The zero-order chi connectivity index (χ0) is 11.7. The lowest BCUT2D eigenvalue weighted by atomic mass is 10.4. The van der Waals surface area contributed by atoms with Gasteiger partial charge in [0.25, 0.3) is 0 Å². The first-order chi connectivity index (χ1) is 7.13. The van der Waals surface area contributed by atoms with E-state index in [1.807, 2.05) is 0 Å². The molecule has 0 radical (unpaired) electrons. The molecule has 0 aromatic carbocycles. The summed E-state index contributed by atoms with van der Waals surface area (Å²) in [5.74, 6) is -1.15. The summed E-state index contributed by atoms with van der Waals surface area (Å²) in [4.78, 5) is 23.9. The Morgan fingerprint density at radius 2 is 2.13 bits per heavy atom. The van der Waals surface area contributed by atoms with Crippen molar-refractivity contribution in [2.45, 2.75) is 6.42 Å². The average molecular weight is 217 g/mol. The van der Waals surface area contributed by atoms with Crippen molar-refractivity contribution in [1.29, 1.82) is 0 Å². The average Bonchev–Trinajstić information content (AvgIpc) is 2.24. The molecule has 0 aliphatic heterocycles. The van der Waals surface area contributed by atoms with Crippen molar-refractivity contribution in [3.8, 4) is 0 Å². The Morgan fingerprint density at radius 3 is 2.67 bits per heavy atom. The molecule has 0 fully saturated rings. The molecule has 0 unspecified atom stereocenters. The Labute approximate surface area is 89.7 Å². The number of likely N-dealkylation sites (N-methyl/N-ethyl adjacent to an activating group) is 1. The van der Waals surface area contributed by atoms with Gasteiger partial charge in [0.2, 0.25) is 0 Å². The number of carbonyl (C=O) groups excluding carboxylic acids is 2. The Bertz CT molecular complexity index is 209. The number of hydrogen-bond donors (Lipinski definition) is 2. The van der Waals surface area contributed by atoms with E-state index in [0.29, 0.717) is 32.7 Å². The van der Waals surface area contributed by atoms with Crippen LogP contribution in [0.5, 0.6) is 0 Å². The second kappa shape index (κ2) is 8.19. The highest BCUT2D eigenvalue weighted by molar-refractivity contribution is 6.34. The quantitative estimate of drug-likeness (QED) is 0.421. The van der Waals surface area contributed by atoms with Crippen LogP contribution in [0.4, 0.5) is 0 Å². The number of rotatable bonds is 6. The molecule has 0 aromatic rings. The highest BCUT2D eigenvalue weighted by Gasteiger charge is 2.16. The maximum absolute atomic E-state index is 11.4. The molecule has 15 heavy (non-hydrogen) atoms. The van der Waals surface area contributed by atoms with E-state index in [4.69, 9.17) is 10.5 Å². The van der Waals surface area contributed by atoms with Gasteiger partial charge >= 0.3 is 11.8 Å². The summed E-state index contributed by atoms with van der Waals surface area (Å²) < 4.78 is 4.84. The second-order valence-electron chi connectivity index (χ2n) is 3.12. The van der Waals surface area contributed by atoms with Crippen molar-refractivity contribution in [2.24, 2.45) is 5.73 Å². The number of carbonyl (C=O) groups is 2. The normalized spacial score (nSPS) is 9.80. The van der Waals surface area contributed by atoms with E-state index in [9.17, 15) is 9.59 Å². The van der Waals surface area contributed by atoms with Crippen molar-refractivity contribution < 1.29 is 14.3 Å². The summed E-state index contributed by atoms with van der Waals surface area (Å²) in [6, 6.07) is 0. The highest BCUT2D eigenvalue weighted by atomic mass is 16.5. The summed E-state index contributed by atoms with van der Waals surface area (Å²) in [5.41, 5.74) is 5.20. The summed E-state index contributed by atoms with van der Waals surface area (Å²) in [6.07, 6.45) is 0.711. The van der Waals surface area contributed by atoms with Gasteiger partial charge in [0.1, 0.15) is 0 Å². The summed E-state index contributed by atoms with van der Waals surface area (Å²) in [7, 11) is 3.18. The van der Waals surface area contributed by atoms with Crippen molar-refractivity contribution >= 4 is 11.8 Å². The van der Waals surface area contributed by atoms with Crippen molar-refractivity contribution in [1.82, 2.24) is 10.2 Å². The molecule has 0 aliphatic rings. The third kappa shape index (κ3) is 6.03. The van der Waals surface area contributed by atoms with Crippen LogP contribution in [0, 0.1) is 0 Å². The molecule has 0 saturated carbocycles. The van der Waals surface area contributed by atoms with E-state index in [0.717, 1.165) is 0 Å².